The van der Waals surface area contributed by atoms with Crippen molar-refractivity contribution in [2.75, 3.05) is 33.2 Å². The van der Waals surface area contributed by atoms with Crippen LogP contribution in [0, 0.1) is 5.92 Å². The molecule has 4 heteroatoms. The van der Waals surface area contributed by atoms with Crippen molar-refractivity contribution in [1.29, 1.82) is 0 Å². The van der Waals surface area contributed by atoms with Gasteiger partial charge in [0.1, 0.15) is 0 Å². The largest absolute Gasteiger partial charge is 0.343 e. The molecule has 1 amide bonds. The third kappa shape index (κ3) is 2.08. The van der Waals surface area contributed by atoms with E-state index in [9.17, 15) is 4.79 Å². The van der Waals surface area contributed by atoms with Gasteiger partial charge in [0.25, 0.3) is 0 Å². The predicted octanol–water partition coefficient (Wildman–Crippen LogP) is 0.537. The fourth-order valence-electron chi connectivity index (χ4n) is 3.31. The second-order valence-electron chi connectivity index (χ2n) is 5.87. The van der Waals surface area contributed by atoms with Gasteiger partial charge in [-0.25, -0.2) is 0 Å². The summed E-state index contributed by atoms with van der Waals surface area (Å²) in [7, 11) is 1.91. The van der Waals surface area contributed by atoms with Crippen LogP contribution in [0.3, 0.4) is 0 Å². The molecule has 0 radical (unpaired) electrons. The highest BCUT2D eigenvalue weighted by Crippen LogP contribution is 2.29. The molecule has 2 unspecified atom stereocenters. The first kappa shape index (κ1) is 12.8. The Morgan fingerprint density at radius 1 is 1.35 bits per heavy atom. The number of nitrogens with zero attached hydrogens (tertiary/aromatic N) is 2. The number of hydrogen-bond donors (Lipinski definition) is 1. The molecule has 0 aromatic carbocycles. The molecule has 0 bridgehead atoms. The van der Waals surface area contributed by atoms with E-state index >= 15 is 0 Å². The number of amides is 1. The lowest BCUT2D eigenvalue weighted by Crippen LogP contribution is -2.65. The quantitative estimate of drug-likeness (QED) is 0.764. The zero-order chi connectivity index (χ0) is 12.6. The molecule has 0 aromatic rings. The van der Waals surface area contributed by atoms with Gasteiger partial charge in [-0.15, -0.1) is 0 Å². The van der Waals surface area contributed by atoms with Crippen LogP contribution in [0.1, 0.15) is 27.2 Å². The molecule has 2 aliphatic heterocycles. The van der Waals surface area contributed by atoms with E-state index in [1.54, 1.807) is 0 Å². The minimum absolute atomic E-state index is 0.255. The molecule has 4 nitrogen and oxygen atoms in total. The van der Waals surface area contributed by atoms with Crippen LogP contribution in [0.4, 0.5) is 0 Å². The van der Waals surface area contributed by atoms with Gasteiger partial charge in [-0.2, -0.15) is 0 Å². The van der Waals surface area contributed by atoms with Crippen molar-refractivity contribution in [2.45, 2.75) is 38.8 Å². The fraction of sp³-hybridized carbons (Fsp3) is 0.923. The molecule has 2 atom stereocenters. The Kier molecular flexibility index (Phi) is 3.46. The second-order valence-corrected chi connectivity index (χ2v) is 5.87. The molecule has 0 saturated carbocycles. The van der Waals surface area contributed by atoms with Gasteiger partial charge in [-0.3, -0.25) is 9.69 Å². The van der Waals surface area contributed by atoms with Crippen LogP contribution >= 0.6 is 0 Å². The Bertz CT molecular complexity index is 303. The average Bonchev–Trinajstić information content (AvgIpc) is 2.74. The Morgan fingerprint density at radius 3 is 2.71 bits per heavy atom. The smallest absolute Gasteiger partial charge is 0.242 e. The van der Waals surface area contributed by atoms with Crippen LogP contribution in [-0.4, -0.2) is 60.5 Å². The van der Waals surface area contributed by atoms with Gasteiger partial charge in [0.2, 0.25) is 5.91 Å². The lowest BCUT2D eigenvalue weighted by Gasteiger charge is -2.48. The van der Waals surface area contributed by atoms with Crippen molar-refractivity contribution in [1.82, 2.24) is 15.1 Å². The Labute approximate surface area is 104 Å². The average molecular weight is 239 g/mol. The summed E-state index contributed by atoms with van der Waals surface area (Å²) in [5, 5.41) is 3.47. The zero-order valence-electron chi connectivity index (χ0n) is 11.5. The van der Waals surface area contributed by atoms with E-state index in [4.69, 9.17) is 0 Å². The van der Waals surface area contributed by atoms with Crippen molar-refractivity contribution in [3.63, 3.8) is 0 Å². The summed E-state index contributed by atoms with van der Waals surface area (Å²) < 4.78 is 0. The van der Waals surface area contributed by atoms with E-state index in [1.165, 1.54) is 6.42 Å². The van der Waals surface area contributed by atoms with Crippen molar-refractivity contribution >= 4 is 5.91 Å². The van der Waals surface area contributed by atoms with Crippen molar-refractivity contribution in [3.8, 4) is 0 Å². The lowest BCUT2D eigenvalue weighted by atomic mass is 9.90. The summed E-state index contributed by atoms with van der Waals surface area (Å²) in [4.78, 5) is 16.6. The molecular weight excluding hydrogens is 214 g/mol. The molecule has 17 heavy (non-hydrogen) atoms. The number of nitrogens with one attached hydrogen (secondary N) is 1. The summed E-state index contributed by atoms with van der Waals surface area (Å²) in [6, 6.07) is 0.521. The highest BCUT2D eigenvalue weighted by atomic mass is 16.2. The number of carbonyl (C=O) groups excluding carboxylic acids is 1. The summed E-state index contributed by atoms with van der Waals surface area (Å²) in [6.07, 6.45) is 1.19. The first-order chi connectivity index (χ1) is 7.98. The first-order valence-corrected chi connectivity index (χ1v) is 6.71. The van der Waals surface area contributed by atoms with Gasteiger partial charge >= 0.3 is 0 Å². The number of likely N-dealkylation sites (N-methyl/N-ethyl adjacent to an activating group) is 1. The molecule has 0 aliphatic carbocycles. The molecule has 0 aromatic heterocycles. The highest BCUT2D eigenvalue weighted by molar-refractivity contribution is 5.86. The molecule has 2 rings (SSSR count). The maximum absolute atomic E-state index is 12.3. The summed E-state index contributed by atoms with van der Waals surface area (Å²) in [5.74, 6) is 0.941. The monoisotopic (exact) mass is 239 g/mol. The topological polar surface area (TPSA) is 35.6 Å². The molecule has 98 valence electrons. The molecule has 2 aliphatic rings. The Morgan fingerprint density at radius 2 is 2.06 bits per heavy atom. The molecule has 2 fully saturated rings. The van der Waals surface area contributed by atoms with E-state index in [0.717, 1.165) is 26.2 Å². The van der Waals surface area contributed by atoms with E-state index < -0.39 is 0 Å². The molecule has 2 saturated heterocycles. The van der Waals surface area contributed by atoms with Crippen LogP contribution in [0.5, 0.6) is 0 Å². The zero-order valence-corrected chi connectivity index (χ0v) is 11.5. The second kappa shape index (κ2) is 4.58. The maximum Gasteiger partial charge on any atom is 0.242 e. The minimum Gasteiger partial charge on any atom is -0.343 e. The third-order valence-corrected chi connectivity index (χ3v) is 4.49. The number of hydrogen-bond acceptors (Lipinski definition) is 3. The number of rotatable bonds is 2. The fourth-order valence-corrected chi connectivity index (χ4v) is 3.31. The summed E-state index contributed by atoms with van der Waals surface area (Å²) >= 11 is 0. The highest BCUT2D eigenvalue weighted by Gasteiger charge is 2.46. The van der Waals surface area contributed by atoms with E-state index in [-0.39, 0.29) is 11.4 Å². The van der Waals surface area contributed by atoms with Crippen LogP contribution in [0.25, 0.3) is 0 Å². The first-order valence-electron chi connectivity index (χ1n) is 6.71. The van der Waals surface area contributed by atoms with Crippen molar-refractivity contribution in [2.24, 2.45) is 5.92 Å². The van der Waals surface area contributed by atoms with Crippen LogP contribution < -0.4 is 5.32 Å². The normalized spacial score (nSPS) is 34.4. The minimum atomic E-state index is -0.350. The van der Waals surface area contributed by atoms with Gasteiger partial charge < -0.3 is 10.2 Å². The summed E-state index contributed by atoms with van der Waals surface area (Å²) in [5.41, 5.74) is -0.350. The standard InChI is InChI=1S/C13H25N3O/c1-5-10-8-14-9-11(10)16-7-6-15(4)12(17)13(16,2)3/h10-11,14H,5-9H2,1-4H3. The summed E-state index contributed by atoms with van der Waals surface area (Å²) in [6.45, 7) is 10.4. The lowest BCUT2D eigenvalue weighted by molar-refractivity contribution is -0.150. The molecule has 1 N–H and O–H groups in total. The molecular formula is C13H25N3O. The van der Waals surface area contributed by atoms with Gasteiger partial charge in [0.05, 0.1) is 5.54 Å². The molecule has 2 heterocycles. The Hall–Kier alpha value is -0.610. The van der Waals surface area contributed by atoms with Gasteiger partial charge in [-0.05, 0) is 26.3 Å². The predicted molar refractivity (Wildman–Crippen MR) is 68.9 cm³/mol. The van der Waals surface area contributed by atoms with Gasteiger partial charge in [0.15, 0.2) is 0 Å². The maximum atomic E-state index is 12.3. The SMILES string of the molecule is CCC1CNCC1N1CCN(C)C(=O)C1(C)C. The van der Waals surface area contributed by atoms with E-state index in [2.05, 4.69) is 31.0 Å². The number of carbonyl (C=O) groups is 1. The van der Waals surface area contributed by atoms with Crippen LogP contribution in [-0.2, 0) is 4.79 Å². The van der Waals surface area contributed by atoms with E-state index in [1.807, 2.05) is 11.9 Å². The van der Waals surface area contributed by atoms with Crippen LogP contribution in [0.2, 0.25) is 0 Å². The van der Waals surface area contributed by atoms with Crippen molar-refractivity contribution in [3.05, 3.63) is 0 Å². The number of piperazine rings is 1. The van der Waals surface area contributed by atoms with Gasteiger partial charge in [0, 0.05) is 32.7 Å². The third-order valence-electron chi connectivity index (χ3n) is 4.49. The Balaban J connectivity index is 2.17. The van der Waals surface area contributed by atoms with E-state index in [0.29, 0.717) is 12.0 Å². The molecule has 0 spiro atoms. The van der Waals surface area contributed by atoms with Gasteiger partial charge in [-0.1, -0.05) is 13.3 Å². The van der Waals surface area contributed by atoms with Crippen LogP contribution in [0.15, 0.2) is 0 Å². The van der Waals surface area contributed by atoms with Crippen molar-refractivity contribution < 1.29 is 4.79 Å².